The molecule has 0 radical (unpaired) electrons. The number of ether oxygens (including phenoxy) is 1. The second-order valence-corrected chi connectivity index (χ2v) is 6.55. The molecule has 1 saturated heterocycles. The molecule has 134 valence electrons. The number of aryl methyl sites for hydroxylation is 1. The van der Waals surface area contributed by atoms with Gasteiger partial charge in [-0.05, 0) is 37.8 Å². The maximum absolute atomic E-state index is 12.8. The normalized spacial score (nSPS) is 19.4. The Morgan fingerprint density at radius 3 is 2.84 bits per heavy atom. The van der Waals surface area contributed by atoms with Crippen molar-refractivity contribution in [2.45, 2.75) is 38.3 Å². The fourth-order valence-corrected chi connectivity index (χ4v) is 3.74. The molecular formula is C16H19F2N5O2. The lowest BCUT2D eigenvalue weighted by Crippen LogP contribution is -2.48. The molecule has 4 rings (SSSR count). The van der Waals surface area contributed by atoms with Gasteiger partial charge < -0.3 is 9.64 Å². The number of carbonyl (C=O) groups is 1. The molecular weight excluding hydrogens is 332 g/mol. The highest BCUT2D eigenvalue weighted by Crippen LogP contribution is 2.40. The first kappa shape index (κ1) is 16.2. The Kier molecular flexibility index (Phi) is 3.82. The van der Waals surface area contributed by atoms with Crippen LogP contribution in [0.25, 0.3) is 0 Å². The van der Waals surface area contributed by atoms with E-state index in [-0.39, 0.29) is 17.3 Å². The van der Waals surface area contributed by atoms with Crippen LogP contribution in [0.3, 0.4) is 0 Å². The van der Waals surface area contributed by atoms with Gasteiger partial charge in [-0.25, -0.2) is 4.68 Å². The highest BCUT2D eigenvalue weighted by molar-refractivity contribution is 5.92. The average molecular weight is 351 g/mol. The molecule has 1 fully saturated rings. The van der Waals surface area contributed by atoms with Crippen LogP contribution in [-0.4, -0.2) is 50.5 Å². The number of H-pyrrole nitrogens is 1. The summed E-state index contributed by atoms with van der Waals surface area (Å²) in [6.07, 6.45) is 3.95. The summed E-state index contributed by atoms with van der Waals surface area (Å²) in [7, 11) is 0. The standard InChI is InChI=1S/C16H19F2N5O2/c1-10-8-12(21-23(10)15(17)18)14(24)22-5-3-16(4-6-22)13-11(2-7-25-16)9-19-20-13/h8-9,15H,2-7H2,1H3,(H,19,20). The van der Waals surface area contributed by atoms with E-state index in [1.54, 1.807) is 4.90 Å². The summed E-state index contributed by atoms with van der Waals surface area (Å²) in [6.45, 7) is 0.367. The minimum Gasteiger partial charge on any atom is -0.368 e. The molecule has 0 unspecified atom stereocenters. The van der Waals surface area contributed by atoms with Gasteiger partial charge in [0.15, 0.2) is 5.69 Å². The summed E-state index contributed by atoms with van der Waals surface area (Å²) >= 11 is 0. The molecule has 2 aromatic rings. The molecule has 1 spiro atoms. The topological polar surface area (TPSA) is 76.0 Å². The number of likely N-dealkylation sites (tertiary alicyclic amines) is 1. The van der Waals surface area contributed by atoms with Crippen molar-refractivity contribution >= 4 is 5.91 Å². The number of aromatic amines is 1. The van der Waals surface area contributed by atoms with Crippen molar-refractivity contribution in [3.63, 3.8) is 0 Å². The molecule has 9 heteroatoms. The van der Waals surface area contributed by atoms with Crippen LogP contribution < -0.4 is 0 Å². The largest absolute Gasteiger partial charge is 0.368 e. The molecule has 1 N–H and O–H groups in total. The molecule has 2 aliphatic rings. The lowest BCUT2D eigenvalue weighted by atomic mass is 9.83. The Balaban J connectivity index is 1.49. The summed E-state index contributed by atoms with van der Waals surface area (Å²) in [5.41, 5.74) is 2.06. The van der Waals surface area contributed by atoms with E-state index >= 15 is 0 Å². The molecule has 4 heterocycles. The van der Waals surface area contributed by atoms with E-state index < -0.39 is 12.2 Å². The Hall–Kier alpha value is -2.29. The number of nitrogens with one attached hydrogen (secondary N) is 1. The summed E-state index contributed by atoms with van der Waals surface area (Å²) in [6, 6.07) is 1.41. The molecule has 2 aliphatic heterocycles. The Bertz CT molecular complexity index is 792. The van der Waals surface area contributed by atoms with Gasteiger partial charge in [0.05, 0.1) is 18.5 Å². The third kappa shape index (κ3) is 2.62. The number of rotatable bonds is 2. The first-order valence-electron chi connectivity index (χ1n) is 8.30. The Morgan fingerprint density at radius 2 is 2.16 bits per heavy atom. The number of carbonyl (C=O) groups excluding carboxylic acids is 1. The van der Waals surface area contributed by atoms with Gasteiger partial charge in [-0.15, -0.1) is 0 Å². The second kappa shape index (κ2) is 5.91. The van der Waals surface area contributed by atoms with Crippen LogP contribution in [0.15, 0.2) is 12.3 Å². The number of alkyl halides is 2. The molecule has 7 nitrogen and oxygen atoms in total. The number of hydrogen-bond acceptors (Lipinski definition) is 4. The zero-order valence-corrected chi connectivity index (χ0v) is 13.8. The zero-order chi connectivity index (χ0) is 17.6. The minimum atomic E-state index is -2.75. The zero-order valence-electron chi connectivity index (χ0n) is 13.8. The molecule has 0 saturated carbocycles. The molecule has 0 aromatic carbocycles. The van der Waals surface area contributed by atoms with Crippen LogP contribution in [-0.2, 0) is 16.8 Å². The fraction of sp³-hybridized carbons (Fsp3) is 0.562. The van der Waals surface area contributed by atoms with E-state index in [1.807, 2.05) is 6.20 Å². The quantitative estimate of drug-likeness (QED) is 0.898. The molecule has 25 heavy (non-hydrogen) atoms. The summed E-state index contributed by atoms with van der Waals surface area (Å²) in [4.78, 5) is 14.2. The van der Waals surface area contributed by atoms with Gasteiger partial charge >= 0.3 is 6.55 Å². The maximum atomic E-state index is 12.8. The van der Waals surface area contributed by atoms with Crippen molar-refractivity contribution in [1.29, 1.82) is 0 Å². The van der Waals surface area contributed by atoms with E-state index in [1.165, 1.54) is 13.0 Å². The lowest BCUT2D eigenvalue weighted by molar-refractivity contribution is -0.0962. The van der Waals surface area contributed by atoms with Gasteiger partial charge in [-0.3, -0.25) is 9.89 Å². The Labute approximate surface area is 142 Å². The van der Waals surface area contributed by atoms with Gasteiger partial charge in [0, 0.05) is 18.8 Å². The van der Waals surface area contributed by atoms with Crippen molar-refractivity contribution in [1.82, 2.24) is 24.9 Å². The van der Waals surface area contributed by atoms with Gasteiger partial charge in [0.2, 0.25) is 0 Å². The number of hydrogen-bond donors (Lipinski definition) is 1. The average Bonchev–Trinajstić information content (AvgIpc) is 3.22. The van der Waals surface area contributed by atoms with E-state index in [9.17, 15) is 13.6 Å². The van der Waals surface area contributed by atoms with Gasteiger partial charge in [0.25, 0.3) is 5.91 Å². The molecule has 2 aromatic heterocycles. The number of amides is 1. The van der Waals surface area contributed by atoms with Crippen LogP contribution in [0.5, 0.6) is 0 Å². The monoisotopic (exact) mass is 351 g/mol. The molecule has 1 amide bonds. The smallest absolute Gasteiger partial charge is 0.333 e. The Morgan fingerprint density at radius 1 is 1.40 bits per heavy atom. The molecule has 0 atom stereocenters. The van der Waals surface area contributed by atoms with Crippen LogP contribution in [0.2, 0.25) is 0 Å². The second-order valence-electron chi connectivity index (χ2n) is 6.55. The maximum Gasteiger partial charge on any atom is 0.333 e. The van der Waals surface area contributed by atoms with Crippen LogP contribution in [0.4, 0.5) is 8.78 Å². The summed E-state index contributed by atoms with van der Waals surface area (Å²) in [5, 5.41) is 10.9. The highest BCUT2D eigenvalue weighted by atomic mass is 19.3. The predicted octanol–water partition coefficient (Wildman–Crippen LogP) is 2.01. The summed E-state index contributed by atoms with van der Waals surface area (Å²) < 4.78 is 32.3. The van der Waals surface area contributed by atoms with Crippen LogP contribution in [0.1, 0.15) is 46.8 Å². The van der Waals surface area contributed by atoms with Crippen molar-refractivity contribution in [2.24, 2.45) is 0 Å². The van der Waals surface area contributed by atoms with Crippen LogP contribution in [0, 0.1) is 6.92 Å². The van der Waals surface area contributed by atoms with E-state index in [0.29, 0.717) is 37.2 Å². The lowest BCUT2D eigenvalue weighted by Gasteiger charge is -2.43. The highest BCUT2D eigenvalue weighted by Gasteiger charge is 2.43. The molecule has 0 aliphatic carbocycles. The number of aromatic nitrogens is 4. The predicted molar refractivity (Wildman–Crippen MR) is 83.3 cm³/mol. The fourth-order valence-electron chi connectivity index (χ4n) is 3.74. The summed E-state index contributed by atoms with van der Waals surface area (Å²) in [5.74, 6) is -0.321. The van der Waals surface area contributed by atoms with Crippen molar-refractivity contribution in [2.75, 3.05) is 19.7 Å². The van der Waals surface area contributed by atoms with E-state index in [4.69, 9.17) is 4.74 Å². The number of halogens is 2. The van der Waals surface area contributed by atoms with E-state index in [0.717, 1.165) is 17.7 Å². The van der Waals surface area contributed by atoms with Gasteiger partial charge in [-0.2, -0.15) is 19.0 Å². The molecule has 0 bridgehead atoms. The third-order valence-electron chi connectivity index (χ3n) is 5.11. The van der Waals surface area contributed by atoms with Crippen molar-refractivity contribution in [3.05, 3.63) is 34.9 Å². The van der Waals surface area contributed by atoms with Crippen molar-refractivity contribution < 1.29 is 18.3 Å². The van der Waals surface area contributed by atoms with E-state index in [2.05, 4.69) is 15.3 Å². The van der Waals surface area contributed by atoms with Gasteiger partial charge in [0.1, 0.15) is 5.60 Å². The van der Waals surface area contributed by atoms with Gasteiger partial charge in [-0.1, -0.05) is 0 Å². The number of fused-ring (bicyclic) bond motifs is 2. The third-order valence-corrected chi connectivity index (χ3v) is 5.11. The SMILES string of the molecule is Cc1cc(C(=O)N2CCC3(CC2)OCCc2cn[nH]c23)nn1C(F)F. The van der Waals surface area contributed by atoms with Crippen LogP contribution >= 0.6 is 0 Å². The number of piperidine rings is 1. The first-order chi connectivity index (χ1) is 12.0. The minimum absolute atomic E-state index is 0.0561. The van der Waals surface area contributed by atoms with Crippen molar-refractivity contribution in [3.8, 4) is 0 Å². The first-order valence-corrected chi connectivity index (χ1v) is 8.30. The number of nitrogens with zero attached hydrogens (tertiary/aromatic N) is 4.